The summed E-state index contributed by atoms with van der Waals surface area (Å²) in [5.74, 6) is 1.92. The zero-order valence-electron chi connectivity index (χ0n) is 18.1. The highest BCUT2D eigenvalue weighted by molar-refractivity contribution is 6.10. The molecule has 1 aliphatic carbocycles. The van der Waals surface area contributed by atoms with E-state index in [1.165, 1.54) is 0 Å². The van der Waals surface area contributed by atoms with Crippen molar-refractivity contribution in [2.75, 3.05) is 21.3 Å². The van der Waals surface area contributed by atoms with Crippen LogP contribution in [0.3, 0.4) is 0 Å². The van der Waals surface area contributed by atoms with Crippen molar-refractivity contribution in [3.05, 3.63) is 83.2 Å². The largest absolute Gasteiger partial charge is 0.497 e. The maximum absolute atomic E-state index is 13.5. The van der Waals surface area contributed by atoms with Crippen LogP contribution >= 0.6 is 0 Å². The number of hydrogen-bond donors (Lipinski definition) is 0. The zero-order chi connectivity index (χ0) is 22.2. The van der Waals surface area contributed by atoms with E-state index in [4.69, 9.17) is 19.3 Å². The maximum atomic E-state index is 13.5. The average Bonchev–Trinajstić information content (AvgIpc) is 3.38. The van der Waals surface area contributed by atoms with E-state index >= 15 is 0 Å². The van der Waals surface area contributed by atoms with Gasteiger partial charge < -0.3 is 14.2 Å². The SMILES string of the molecule is COc1ccc(C(=O)N2N=C3c4cc(OC)c(OC)cc4CC3C2c2ccncc2)cc1. The Labute approximate surface area is 186 Å². The van der Waals surface area contributed by atoms with Crippen molar-refractivity contribution in [3.8, 4) is 17.2 Å². The molecular formula is C25H23N3O4. The highest BCUT2D eigenvalue weighted by Crippen LogP contribution is 2.47. The van der Waals surface area contributed by atoms with Gasteiger partial charge in [-0.3, -0.25) is 9.78 Å². The molecule has 0 spiro atoms. The topological polar surface area (TPSA) is 73.2 Å². The molecule has 162 valence electrons. The monoisotopic (exact) mass is 429 g/mol. The van der Waals surface area contributed by atoms with E-state index in [-0.39, 0.29) is 17.9 Å². The van der Waals surface area contributed by atoms with Gasteiger partial charge in [-0.25, -0.2) is 5.01 Å². The number of hydrazone groups is 1. The van der Waals surface area contributed by atoms with Crippen molar-refractivity contribution in [1.29, 1.82) is 0 Å². The van der Waals surface area contributed by atoms with Crippen LogP contribution in [-0.4, -0.2) is 42.9 Å². The second kappa shape index (κ2) is 8.00. The number of pyridine rings is 1. The first kappa shape index (κ1) is 20.1. The van der Waals surface area contributed by atoms with Crippen LogP contribution in [-0.2, 0) is 6.42 Å². The lowest BCUT2D eigenvalue weighted by molar-refractivity contribution is 0.0684. The number of carbonyl (C=O) groups excluding carboxylic acids is 1. The molecule has 2 heterocycles. The van der Waals surface area contributed by atoms with E-state index in [2.05, 4.69) is 4.98 Å². The minimum Gasteiger partial charge on any atom is -0.497 e. The Morgan fingerprint density at radius 2 is 1.62 bits per heavy atom. The molecule has 5 rings (SSSR count). The van der Waals surface area contributed by atoms with Crippen molar-refractivity contribution in [2.24, 2.45) is 11.0 Å². The van der Waals surface area contributed by atoms with Crippen LogP contribution in [0.15, 0.2) is 66.0 Å². The predicted octanol–water partition coefficient (Wildman–Crippen LogP) is 3.88. The lowest BCUT2D eigenvalue weighted by atomic mass is 9.90. The molecule has 1 aliphatic heterocycles. The zero-order valence-corrected chi connectivity index (χ0v) is 18.1. The number of benzene rings is 2. The van der Waals surface area contributed by atoms with Crippen LogP contribution in [0.5, 0.6) is 17.2 Å². The summed E-state index contributed by atoms with van der Waals surface area (Å²) in [6.07, 6.45) is 4.25. The summed E-state index contributed by atoms with van der Waals surface area (Å²) in [5, 5.41) is 6.46. The van der Waals surface area contributed by atoms with Crippen molar-refractivity contribution >= 4 is 11.6 Å². The van der Waals surface area contributed by atoms with Gasteiger partial charge in [-0.1, -0.05) is 0 Å². The van der Waals surface area contributed by atoms with Gasteiger partial charge in [0.05, 0.1) is 33.1 Å². The van der Waals surface area contributed by atoms with E-state index in [9.17, 15) is 4.79 Å². The fourth-order valence-electron chi connectivity index (χ4n) is 4.57. The van der Waals surface area contributed by atoms with Gasteiger partial charge in [-0.05, 0) is 66.1 Å². The summed E-state index contributed by atoms with van der Waals surface area (Å²) in [6, 6.07) is 14.7. The van der Waals surface area contributed by atoms with Gasteiger partial charge in [0.15, 0.2) is 11.5 Å². The summed E-state index contributed by atoms with van der Waals surface area (Å²) in [4.78, 5) is 17.7. The summed E-state index contributed by atoms with van der Waals surface area (Å²) in [6.45, 7) is 0. The molecule has 7 heteroatoms. The number of amides is 1. The summed E-state index contributed by atoms with van der Waals surface area (Å²) >= 11 is 0. The molecule has 2 aromatic carbocycles. The van der Waals surface area contributed by atoms with Gasteiger partial charge in [0, 0.05) is 29.4 Å². The fourth-order valence-corrected chi connectivity index (χ4v) is 4.57. The second-order valence-corrected chi connectivity index (χ2v) is 7.76. The average molecular weight is 429 g/mol. The van der Waals surface area contributed by atoms with E-state index in [1.807, 2.05) is 24.3 Å². The molecule has 1 amide bonds. The highest BCUT2D eigenvalue weighted by atomic mass is 16.5. The van der Waals surface area contributed by atoms with E-state index in [1.54, 1.807) is 63.0 Å². The molecule has 2 atom stereocenters. The number of hydrogen-bond acceptors (Lipinski definition) is 6. The quantitative estimate of drug-likeness (QED) is 0.615. The molecule has 32 heavy (non-hydrogen) atoms. The minimum atomic E-state index is -0.230. The van der Waals surface area contributed by atoms with Crippen LogP contribution in [0.2, 0.25) is 0 Å². The van der Waals surface area contributed by atoms with Crippen LogP contribution in [0.25, 0.3) is 0 Å². The van der Waals surface area contributed by atoms with Gasteiger partial charge in [0.25, 0.3) is 5.91 Å². The summed E-state index contributed by atoms with van der Waals surface area (Å²) in [5.41, 5.74) is 4.59. The van der Waals surface area contributed by atoms with Crippen LogP contribution in [0, 0.1) is 5.92 Å². The Kier molecular flexibility index (Phi) is 5.01. The van der Waals surface area contributed by atoms with Crippen LogP contribution < -0.4 is 14.2 Å². The third kappa shape index (κ3) is 3.17. The first-order valence-corrected chi connectivity index (χ1v) is 10.4. The van der Waals surface area contributed by atoms with Gasteiger partial charge in [0.1, 0.15) is 5.75 Å². The Balaban J connectivity index is 1.59. The van der Waals surface area contributed by atoms with E-state index in [0.29, 0.717) is 22.8 Å². The molecule has 0 bridgehead atoms. The van der Waals surface area contributed by atoms with Crippen molar-refractivity contribution < 1.29 is 19.0 Å². The molecule has 0 saturated heterocycles. The third-order valence-electron chi connectivity index (χ3n) is 6.13. The molecule has 1 aromatic heterocycles. The van der Waals surface area contributed by atoms with Crippen molar-refractivity contribution in [3.63, 3.8) is 0 Å². The van der Waals surface area contributed by atoms with Gasteiger partial charge >= 0.3 is 0 Å². The third-order valence-corrected chi connectivity index (χ3v) is 6.13. The molecule has 7 nitrogen and oxygen atoms in total. The number of fused-ring (bicyclic) bond motifs is 3. The molecule has 0 radical (unpaired) electrons. The molecule has 0 saturated carbocycles. The lowest BCUT2D eigenvalue weighted by Gasteiger charge is -2.26. The van der Waals surface area contributed by atoms with Gasteiger partial charge in [-0.15, -0.1) is 0 Å². The van der Waals surface area contributed by atoms with Gasteiger partial charge in [0.2, 0.25) is 0 Å². The minimum absolute atomic E-state index is 0.0337. The fraction of sp³-hybridized carbons (Fsp3) is 0.240. The first-order chi connectivity index (χ1) is 15.6. The Bertz CT molecular complexity index is 1190. The van der Waals surface area contributed by atoms with Crippen LogP contribution in [0.1, 0.15) is 33.1 Å². The normalized spacial score (nSPS) is 18.6. The summed E-state index contributed by atoms with van der Waals surface area (Å²) in [7, 11) is 4.85. The Morgan fingerprint density at radius 3 is 2.28 bits per heavy atom. The molecular weight excluding hydrogens is 406 g/mol. The number of methoxy groups -OCH3 is 3. The van der Waals surface area contributed by atoms with Gasteiger partial charge in [-0.2, -0.15) is 5.10 Å². The Hall–Kier alpha value is -3.87. The Morgan fingerprint density at radius 1 is 0.938 bits per heavy atom. The molecule has 0 N–H and O–H groups in total. The smallest absolute Gasteiger partial charge is 0.274 e. The van der Waals surface area contributed by atoms with Crippen molar-refractivity contribution in [2.45, 2.75) is 12.5 Å². The summed E-state index contributed by atoms with van der Waals surface area (Å²) < 4.78 is 16.2. The predicted molar refractivity (Wildman–Crippen MR) is 119 cm³/mol. The first-order valence-electron chi connectivity index (χ1n) is 10.4. The standard InChI is InChI=1S/C25H23N3O4/c1-30-18-6-4-16(5-7-18)25(29)28-24(15-8-10-26-11-9-15)20-12-17-13-21(31-2)22(32-3)14-19(17)23(20)27-28/h4-11,13-14,20,24H,12H2,1-3H3. The van der Waals surface area contributed by atoms with E-state index < -0.39 is 0 Å². The molecule has 0 fully saturated rings. The van der Waals surface area contributed by atoms with Crippen LogP contribution in [0.4, 0.5) is 0 Å². The number of nitrogens with zero attached hydrogens (tertiary/aromatic N) is 3. The highest BCUT2D eigenvalue weighted by Gasteiger charge is 2.46. The van der Waals surface area contributed by atoms with E-state index in [0.717, 1.165) is 28.8 Å². The second-order valence-electron chi connectivity index (χ2n) is 7.76. The lowest BCUT2D eigenvalue weighted by Crippen LogP contribution is -2.30. The molecule has 2 aliphatic rings. The number of rotatable bonds is 5. The maximum Gasteiger partial charge on any atom is 0.274 e. The number of ether oxygens (including phenoxy) is 3. The number of aromatic nitrogens is 1. The number of carbonyl (C=O) groups is 1. The molecule has 3 aromatic rings. The molecule has 2 unspecified atom stereocenters. The van der Waals surface area contributed by atoms with Crippen molar-refractivity contribution in [1.82, 2.24) is 9.99 Å².